The number of ether oxygens (including phenoxy) is 1. The highest BCUT2D eigenvalue weighted by Crippen LogP contribution is 2.26. The Labute approximate surface area is 139 Å². The molecule has 2 aromatic rings. The van der Waals surface area contributed by atoms with Gasteiger partial charge in [0.2, 0.25) is 0 Å². The summed E-state index contributed by atoms with van der Waals surface area (Å²) < 4.78 is 48.0. The van der Waals surface area contributed by atoms with Crippen molar-refractivity contribution in [1.29, 1.82) is 0 Å². The first-order valence-electron chi connectivity index (χ1n) is 6.99. The molecule has 0 aliphatic rings. The number of furan rings is 1. The highest BCUT2D eigenvalue weighted by atomic mass is 19.4. The summed E-state index contributed by atoms with van der Waals surface area (Å²) in [7, 11) is 0. The van der Waals surface area contributed by atoms with E-state index >= 15 is 0 Å². The minimum Gasteiger partial charge on any atom is -0.477 e. The highest BCUT2D eigenvalue weighted by Gasteiger charge is 2.33. The number of nitro groups is 1. The van der Waals surface area contributed by atoms with Crippen LogP contribution in [0.4, 0.5) is 18.9 Å². The van der Waals surface area contributed by atoms with Crippen LogP contribution in [0.2, 0.25) is 0 Å². The van der Waals surface area contributed by atoms with Gasteiger partial charge < -0.3 is 14.1 Å². The van der Waals surface area contributed by atoms with Crippen molar-refractivity contribution in [3.05, 3.63) is 58.5 Å². The van der Waals surface area contributed by atoms with Crippen LogP contribution in [0.15, 0.2) is 47.1 Å². The van der Waals surface area contributed by atoms with Gasteiger partial charge in [0.1, 0.15) is 12.3 Å². The molecule has 0 radical (unpaired) electrons. The first-order chi connectivity index (χ1) is 11.8. The number of alkyl halides is 3. The fraction of sp³-hybridized carbons (Fsp3) is 0.267. The number of nitro benzene ring substituents is 1. The van der Waals surface area contributed by atoms with Gasteiger partial charge >= 0.3 is 11.9 Å². The van der Waals surface area contributed by atoms with Crippen LogP contribution < -0.4 is 4.74 Å². The Bertz CT molecular complexity index is 731. The lowest BCUT2D eigenvalue weighted by Crippen LogP contribution is -2.40. The van der Waals surface area contributed by atoms with Crippen molar-refractivity contribution in [2.45, 2.75) is 12.7 Å². The van der Waals surface area contributed by atoms with Crippen LogP contribution >= 0.6 is 0 Å². The number of nitrogens with zero attached hydrogens (tertiary/aromatic N) is 2. The molecule has 2 rings (SSSR count). The molecule has 0 saturated carbocycles. The molecule has 0 bridgehead atoms. The van der Waals surface area contributed by atoms with Gasteiger partial charge in [-0.15, -0.1) is 0 Å². The molecule has 134 valence electrons. The van der Waals surface area contributed by atoms with Crippen molar-refractivity contribution in [3.63, 3.8) is 0 Å². The van der Waals surface area contributed by atoms with Gasteiger partial charge in [-0.2, -0.15) is 13.2 Å². The molecule has 0 aliphatic carbocycles. The Morgan fingerprint density at radius 2 is 1.96 bits per heavy atom. The summed E-state index contributed by atoms with van der Waals surface area (Å²) in [5.41, 5.74) is -0.385. The molecule has 0 spiro atoms. The van der Waals surface area contributed by atoms with Crippen molar-refractivity contribution in [3.8, 4) is 5.75 Å². The van der Waals surface area contributed by atoms with E-state index in [-0.39, 0.29) is 17.2 Å². The number of halogens is 3. The molecule has 0 unspecified atom stereocenters. The zero-order chi connectivity index (χ0) is 18.4. The SMILES string of the molecule is O=C(COc1ccccc1[N+](=O)[O-])N(Cc1ccco1)CC(F)(F)F. The normalized spacial score (nSPS) is 11.2. The van der Waals surface area contributed by atoms with Crippen molar-refractivity contribution in [2.75, 3.05) is 13.2 Å². The first-order valence-corrected chi connectivity index (χ1v) is 6.99. The van der Waals surface area contributed by atoms with Crippen molar-refractivity contribution in [2.24, 2.45) is 0 Å². The second-order valence-electron chi connectivity index (χ2n) is 4.96. The third-order valence-corrected chi connectivity index (χ3v) is 3.06. The third-order valence-electron chi connectivity index (χ3n) is 3.06. The lowest BCUT2D eigenvalue weighted by molar-refractivity contribution is -0.385. The molecule has 1 aromatic carbocycles. The Hall–Kier alpha value is -3.04. The van der Waals surface area contributed by atoms with E-state index in [1.807, 2.05) is 0 Å². The number of hydrogen-bond acceptors (Lipinski definition) is 5. The zero-order valence-corrected chi connectivity index (χ0v) is 12.7. The average Bonchev–Trinajstić information content (AvgIpc) is 3.04. The average molecular weight is 358 g/mol. The van der Waals surface area contributed by atoms with Gasteiger partial charge in [-0.05, 0) is 18.2 Å². The Morgan fingerprint density at radius 3 is 2.56 bits per heavy atom. The van der Waals surface area contributed by atoms with Crippen LogP contribution in [0.25, 0.3) is 0 Å². The van der Waals surface area contributed by atoms with Gasteiger partial charge in [0, 0.05) is 6.07 Å². The Kier molecular flexibility index (Phi) is 5.63. The summed E-state index contributed by atoms with van der Waals surface area (Å²) >= 11 is 0. The maximum Gasteiger partial charge on any atom is 0.406 e. The summed E-state index contributed by atoms with van der Waals surface area (Å²) in [6.45, 7) is -2.67. The van der Waals surface area contributed by atoms with E-state index < -0.39 is 36.7 Å². The molecular weight excluding hydrogens is 345 g/mol. The predicted octanol–water partition coefficient (Wildman–Crippen LogP) is 3.16. The van der Waals surface area contributed by atoms with Crippen LogP contribution in [-0.4, -0.2) is 35.1 Å². The van der Waals surface area contributed by atoms with E-state index in [1.54, 1.807) is 0 Å². The molecule has 0 N–H and O–H groups in total. The van der Waals surface area contributed by atoms with Crippen LogP contribution in [0.3, 0.4) is 0 Å². The number of rotatable bonds is 7. The summed E-state index contributed by atoms with van der Waals surface area (Å²) in [5, 5.41) is 10.9. The minimum atomic E-state index is -4.61. The van der Waals surface area contributed by atoms with E-state index in [0.29, 0.717) is 4.90 Å². The Morgan fingerprint density at radius 1 is 1.24 bits per heavy atom. The molecule has 7 nitrogen and oxygen atoms in total. The van der Waals surface area contributed by atoms with Crippen molar-refractivity contribution in [1.82, 2.24) is 4.90 Å². The van der Waals surface area contributed by atoms with Gasteiger partial charge in [0.25, 0.3) is 5.91 Å². The molecule has 1 heterocycles. The molecule has 25 heavy (non-hydrogen) atoms. The van der Waals surface area contributed by atoms with Gasteiger partial charge in [-0.3, -0.25) is 14.9 Å². The van der Waals surface area contributed by atoms with E-state index in [2.05, 4.69) is 0 Å². The molecule has 10 heteroatoms. The summed E-state index contributed by atoms with van der Waals surface area (Å²) in [5.74, 6) is -1.01. The fourth-order valence-corrected chi connectivity index (χ4v) is 2.00. The van der Waals surface area contributed by atoms with Gasteiger partial charge in [-0.25, -0.2) is 0 Å². The molecule has 0 aliphatic heterocycles. The van der Waals surface area contributed by atoms with Crippen LogP contribution in [0, 0.1) is 10.1 Å². The maximum atomic E-state index is 12.7. The quantitative estimate of drug-likeness (QED) is 0.561. The van der Waals surface area contributed by atoms with Gasteiger partial charge in [0.05, 0.1) is 17.7 Å². The molecule has 0 fully saturated rings. The van der Waals surface area contributed by atoms with Crippen LogP contribution in [0.1, 0.15) is 5.76 Å². The lowest BCUT2D eigenvalue weighted by atomic mass is 10.3. The fourth-order valence-electron chi connectivity index (χ4n) is 2.00. The maximum absolute atomic E-state index is 12.7. The van der Waals surface area contributed by atoms with Gasteiger partial charge in [0.15, 0.2) is 12.4 Å². The zero-order valence-electron chi connectivity index (χ0n) is 12.7. The summed E-state index contributed by atoms with van der Waals surface area (Å²) in [6.07, 6.45) is -3.34. The van der Waals surface area contributed by atoms with Crippen molar-refractivity contribution >= 4 is 11.6 Å². The van der Waals surface area contributed by atoms with Gasteiger partial charge in [-0.1, -0.05) is 12.1 Å². The second-order valence-corrected chi connectivity index (χ2v) is 4.96. The number of amides is 1. The summed E-state index contributed by atoms with van der Waals surface area (Å²) in [6, 6.07) is 8.18. The lowest BCUT2D eigenvalue weighted by Gasteiger charge is -2.23. The second kappa shape index (κ2) is 7.69. The summed E-state index contributed by atoms with van der Waals surface area (Å²) in [4.78, 5) is 22.8. The highest BCUT2D eigenvalue weighted by molar-refractivity contribution is 5.78. The monoisotopic (exact) mass is 358 g/mol. The number of hydrogen-bond donors (Lipinski definition) is 0. The first kappa shape index (κ1) is 18.3. The standard InChI is InChI=1S/C15H13F3N2O5/c16-15(17,18)10-19(8-11-4-3-7-24-11)14(21)9-25-13-6-2-1-5-12(13)20(22)23/h1-7H,8-10H2. The topological polar surface area (TPSA) is 85.8 Å². The van der Waals surface area contributed by atoms with E-state index in [0.717, 1.165) is 6.07 Å². The van der Waals surface area contributed by atoms with E-state index in [9.17, 15) is 28.1 Å². The molecule has 1 aromatic heterocycles. The van der Waals surface area contributed by atoms with E-state index in [4.69, 9.17) is 9.15 Å². The van der Waals surface area contributed by atoms with E-state index in [1.165, 1.54) is 36.6 Å². The number of benzene rings is 1. The largest absolute Gasteiger partial charge is 0.477 e. The van der Waals surface area contributed by atoms with Crippen LogP contribution in [0.5, 0.6) is 5.75 Å². The smallest absolute Gasteiger partial charge is 0.406 e. The molecule has 0 atom stereocenters. The number of carbonyl (C=O) groups excluding carboxylic acids is 1. The molecule has 1 amide bonds. The minimum absolute atomic E-state index is 0.170. The molecule has 0 saturated heterocycles. The number of para-hydroxylation sites is 2. The van der Waals surface area contributed by atoms with Crippen LogP contribution in [-0.2, 0) is 11.3 Å². The Balaban J connectivity index is 2.07. The predicted molar refractivity (Wildman–Crippen MR) is 78.8 cm³/mol. The number of carbonyl (C=O) groups is 1. The molecular formula is C15H13F3N2O5. The third kappa shape index (κ3) is 5.52. The van der Waals surface area contributed by atoms with Crippen molar-refractivity contribution < 1.29 is 32.0 Å².